The van der Waals surface area contributed by atoms with E-state index in [0.29, 0.717) is 23.2 Å². The zero-order chi connectivity index (χ0) is 39.0. The first kappa shape index (κ1) is 32.9. The molecule has 0 fully saturated rings. The van der Waals surface area contributed by atoms with Crippen molar-refractivity contribution in [3.8, 4) is 51.6 Å². The maximum atomic E-state index is 9.57. The SMILES string of the molecule is N#Cc1ccc(-c2nc(-c3ccccc3)nc(-n3c4ccccc4c4ccc5c6ccccc6n(-c6cc(-c7ccccc7)c7oc8ccccc8c7c6)c5c43)n2)cc1. The second-order valence-corrected chi connectivity index (χ2v) is 14.7. The average Bonchev–Trinajstić information content (AvgIpc) is 3.97. The van der Waals surface area contributed by atoms with Crippen LogP contribution in [0.5, 0.6) is 0 Å². The van der Waals surface area contributed by atoms with E-state index in [2.05, 4.69) is 124 Å². The summed E-state index contributed by atoms with van der Waals surface area (Å²) in [6, 6.07) is 64.5. The van der Waals surface area contributed by atoms with Crippen LogP contribution < -0.4 is 0 Å². The Morgan fingerprint density at radius 3 is 1.64 bits per heavy atom. The van der Waals surface area contributed by atoms with Crippen LogP contribution in [0.15, 0.2) is 186 Å². The maximum Gasteiger partial charge on any atom is 0.238 e. The molecule has 0 saturated heterocycles. The standard InChI is InChI=1S/C52H30N6O/c53-31-32-23-25-35(26-24-32)51-54-50(34-15-5-2-6-16-34)55-52(56-51)58-45-21-11-8-18-38(45)41-28-27-40-37-17-7-10-20-44(37)57(47(40)48(41)58)36-29-42(33-13-3-1-4-14-33)49-43(30-36)39-19-9-12-22-46(39)59-49/h1-30H. The molecule has 12 rings (SSSR count). The van der Waals surface area contributed by atoms with E-state index < -0.39 is 0 Å². The number of nitriles is 1. The van der Waals surface area contributed by atoms with Gasteiger partial charge in [-0.3, -0.25) is 4.57 Å². The zero-order valence-electron chi connectivity index (χ0n) is 31.4. The second kappa shape index (κ2) is 12.8. The van der Waals surface area contributed by atoms with Gasteiger partial charge in [0.2, 0.25) is 5.95 Å². The fraction of sp³-hybridized carbons (Fsp3) is 0. The predicted molar refractivity (Wildman–Crippen MR) is 237 cm³/mol. The Morgan fingerprint density at radius 1 is 0.441 bits per heavy atom. The zero-order valence-corrected chi connectivity index (χ0v) is 31.4. The van der Waals surface area contributed by atoms with E-state index in [4.69, 9.17) is 19.4 Å². The molecule has 0 bridgehead atoms. The summed E-state index contributed by atoms with van der Waals surface area (Å²) in [5.74, 6) is 1.56. The molecule has 0 unspecified atom stereocenters. The van der Waals surface area contributed by atoms with Gasteiger partial charge in [0.05, 0.1) is 33.7 Å². The highest BCUT2D eigenvalue weighted by atomic mass is 16.3. The lowest BCUT2D eigenvalue weighted by Gasteiger charge is -2.14. The third kappa shape index (κ3) is 5.04. The molecule has 4 heterocycles. The number of benzene rings is 8. The summed E-state index contributed by atoms with van der Waals surface area (Å²) in [6.45, 7) is 0. The summed E-state index contributed by atoms with van der Waals surface area (Å²) >= 11 is 0. The number of rotatable bonds is 5. The van der Waals surface area contributed by atoms with Gasteiger partial charge in [-0.2, -0.15) is 15.2 Å². The molecule has 0 amide bonds. The number of para-hydroxylation sites is 3. The van der Waals surface area contributed by atoms with Gasteiger partial charge in [0.1, 0.15) is 11.2 Å². The van der Waals surface area contributed by atoms with Gasteiger partial charge in [-0.15, -0.1) is 0 Å². The summed E-state index contributed by atoms with van der Waals surface area (Å²) < 4.78 is 11.2. The van der Waals surface area contributed by atoms with Crippen molar-refractivity contribution in [3.63, 3.8) is 0 Å². The van der Waals surface area contributed by atoms with Crippen molar-refractivity contribution in [1.29, 1.82) is 5.26 Å². The fourth-order valence-corrected chi connectivity index (χ4v) is 8.75. The molecule has 274 valence electrons. The van der Waals surface area contributed by atoms with Crippen LogP contribution in [0.2, 0.25) is 0 Å². The molecule has 0 aliphatic rings. The van der Waals surface area contributed by atoms with Crippen molar-refractivity contribution in [2.24, 2.45) is 0 Å². The third-order valence-electron chi connectivity index (χ3n) is 11.4. The van der Waals surface area contributed by atoms with Crippen LogP contribution in [0.25, 0.3) is 111 Å². The molecule has 8 aromatic carbocycles. The normalized spacial score (nSPS) is 11.7. The van der Waals surface area contributed by atoms with Crippen LogP contribution in [0.1, 0.15) is 5.56 Å². The van der Waals surface area contributed by atoms with Crippen molar-refractivity contribution >= 4 is 65.6 Å². The number of hydrogen-bond donors (Lipinski definition) is 0. The van der Waals surface area contributed by atoms with E-state index in [1.807, 2.05) is 60.7 Å². The smallest absolute Gasteiger partial charge is 0.238 e. The highest BCUT2D eigenvalue weighted by Gasteiger charge is 2.25. The Morgan fingerprint density at radius 2 is 0.983 bits per heavy atom. The number of nitrogens with zero attached hydrogens (tertiary/aromatic N) is 6. The highest BCUT2D eigenvalue weighted by molar-refractivity contribution is 6.24. The fourth-order valence-electron chi connectivity index (χ4n) is 8.75. The van der Waals surface area contributed by atoms with Crippen molar-refractivity contribution in [2.75, 3.05) is 0 Å². The van der Waals surface area contributed by atoms with E-state index in [0.717, 1.165) is 93.5 Å². The lowest BCUT2D eigenvalue weighted by Crippen LogP contribution is -2.07. The van der Waals surface area contributed by atoms with E-state index in [9.17, 15) is 5.26 Å². The first-order valence-electron chi connectivity index (χ1n) is 19.5. The molecule has 7 nitrogen and oxygen atoms in total. The summed E-state index contributed by atoms with van der Waals surface area (Å²) in [6.07, 6.45) is 0. The quantitative estimate of drug-likeness (QED) is 0.175. The predicted octanol–water partition coefficient (Wildman–Crippen LogP) is 12.8. The topological polar surface area (TPSA) is 85.5 Å². The Labute approximate surface area is 337 Å². The molecule has 59 heavy (non-hydrogen) atoms. The summed E-state index contributed by atoms with van der Waals surface area (Å²) in [5.41, 5.74) is 11.1. The Hall–Kier alpha value is -8.34. The lowest BCUT2D eigenvalue weighted by atomic mass is 10.0. The number of fused-ring (bicyclic) bond motifs is 10. The molecule has 7 heteroatoms. The maximum absolute atomic E-state index is 9.57. The average molecular weight is 755 g/mol. The van der Waals surface area contributed by atoms with Crippen molar-refractivity contribution in [2.45, 2.75) is 0 Å². The summed E-state index contributed by atoms with van der Waals surface area (Å²) in [4.78, 5) is 15.5. The van der Waals surface area contributed by atoms with Crippen LogP contribution in [-0.4, -0.2) is 24.1 Å². The van der Waals surface area contributed by atoms with E-state index in [1.165, 1.54) is 0 Å². The molecule has 0 radical (unpaired) electrons. The minimum atomic E-state index is 0.495. The van der Waals surface area contributed by atoms with E-state index >= 15 is 0 Å². The molecule has 0 N–H and O–H groups in total. The van der Waals surface area contributed by atoms with Gasteiger partial charge >= 0.3 is 0 Å². The van der Waals surface area contributed by atoms with E-state index in [1.54, 1.807) is 12.1 Å². The first-order chi connectivity index (χ1) is 29.2. The van der Waals surface area contributed by atoms with Crippen LogP contribution >= 0.6 is 0 Å². The summed E-state index contributed by atoms with van der Waals surface area (Å²) in [5, 5.41) is 16.1. The molecule has 0 aliphatic heterocycles. The monoisotopic (exact) mass is 754 g/mol. The van der Waals surface area contributed by atoms with Crippen LogP contribution in [0, 0.1) is 11.3 Å². The van der Waals surface area contributed by atoms with Crippen LogP contribution in [0.4, 0.5) is 0 Å². The van der Waals surface area contributed by atoms with Crippen LogP contribution in [0.3, 0.4) is 0 Å². The third-order valence-corrected chi connectivity index (χ3v) is 11.4. The Kier molecular flexibility index (Phi) is 7.16. The molecule has 0 saturated carbocycles. The molecular weight excluding hydrogens is 725 g/mol. The minimum Gasteiger partial charge on any atom is -0.455 e. The number of furan rings is 1. The lowest BCUT2D eigenvalue weighted by molar-refractivity contribution is 0.670. The van der Waals surface area contributed by atoms with Gasteiger partial charge in [-0.1, -0.05) is 127 Å². The van der Waals surface area contributed by atoms with Gasteiger partial charge in [0, 0.05) is 54.7 Å². The van der Waals surface area contributed by atoms with Crippen LogP contribution in [-0.2, 0) is 0 Å². The van der Waals surface area contributed by atoms with Gasteiger partial charge in [0.25, 0.3) is 0 Å². The minimum absolute atomic E-state index is 0.495. The molecule has 0 atom stereocenters. The second-order valence-electron chi connectivity index (χ2n) is 14.7. The van der Waals surface area contributed by atoms with Gasteiger partial charge in [-0.25, -0.2) is 4.98 Å². The highest BCUT2D eigenvalue weighted by Crippen LogP contribution is 2.44. The largest absolute Gasteiger partial charge is 0.455 e. The van der Waals surface area contributed by atoms with Gasteiger partial charge in [-0.05, 0) is 60.2 Å². The molecule has 12 aromatic rings. The molecular formula is C52H30N6O. The molecule has 4 aromatic heterocycles. The number of aromatic nitrogens is 5. The molecule has 0 aliphatic carbocycles. The van der Waals surface area contributed by atoms with Crippen molar-refractivity contribution in [3.05, 3.63) is 188 Å². The van der Waals surface area contributed by atoms with Crippen molar-refractivity contribution < 1.29 is 4.42 Å². The van der Waals surface area contributed by atoms with Gasteiger partial charge in [0.15, 0.2) is 11.6 Å². The molecule has 0 spiro atoms. The number of hydrogen-bond acceptors (Lipinski definition) is 5. The summed E-state index contributed by atoms with van der Waals surface area (Å²) in [7, 11) is 0. The first-order valence-corrected chi connectivity index (χ1v) is 19.5. The van der Waals surface area contributed by atoms with Gasteiger partial charge < -0.3 is 8.98 Å². The van der Waals surface area contributed by atoms with E-state index in [-0.39, 0.29) is 0 Å². The van der Waals surface area contributed by atoms with Crippen molar-refractivity contribution in [1.82, 2.24) is 24.1 Å². The Balaban J connectivity index is 1.24. The Bertz CT molecular complexity index is 3670.